The molecular weight excluding hydrogens is 308 g/mol. The van der Waals surface area contributed by atoms with Crippen molar-refractivity contribution in [1.82, 2.24) is 9.97 Å². The quantitative estimate of drug-likeness (QED) is 0.691. The molecular formula is C18H18N2O2S. The molecule has 23 heavy (non-hydrogen) atoms. The first-order chi connectivity index (χ1) is 11.2. The highest BCUT2D eigenvalue weighted by molar-refractivity contribution is 7.79. The van der Waals surface area contributed by atoms with Gasteiger partial charge in [-0.05, 0) is 48.5 Å². The fourth-order valence-corrected chi connectivity index (χ4v) is 2.57. The zero-order chi connectivity index (χ0) is 16.2. The van der Waals surface area contributed by atoms with E-state index in [0.29, 0.717) is 5.75 Å². The van der Waals surface area contributed by atoms with E-state index in [4.69, 9.17) is 9.47 Å². The molecule has 0 aliphatic carbocycles. The van der Waals surface area contributed by atoms with Crippen LogP contribution in [0, 0.1) is 0 Å². The number of hydrogen-bond acceptors (Lipinski definition) is 4. The Morgan fingerprint density at radius 2 is 1.39 bits per heavy atom. The lowest BCUT2D eigenvalue weighted by atomic mass is 10.0. The number of nitrogens with zero attached hydrogens (tertiary/aromatic N) is 1. The van der Waals surface area contributed by atoms with E-state index in [2.05, 4.69) is 22.6 Å². The molecule has 0 bridgehead atoms. The summed E-state index contributed by atoms with van der Waals surface area (Å²) < 4.78 is 10.4. The predicted octanol–water partition coefficient (Wildman–Crippen LogP) is 4.19. The van der Waals surface area contributed by atoms with Crippen molar-refractivity contribution in [3.8, 4) is 34.0 Å². The van der Waals surface area contributed by atoms with Crippen LogP contribution in [0.1, 0.15) is 5.82 Å². The van der Waals surface area contributed by atoms with Crippen LogP contribution in [0.4, 0.5) is 0 Å². The molecule has 0 unspecified atom stereocenters. The maximum Gasteiger partial charge on any atom is 0.118 e. The van der Waals surface area contributed by atoms with E-state index < -0.39 is 0 Å². The van der Waals surface area contributed by atoms with Crippen molar-refractivity contribution in [3.63, 3.8) is 0 Å². The van der Waals surface area contributed by atoms with Crippen molar-refractivity contribution in [2.24, 2.45) is 0 Å². The number of benzene rings is 2. The molecule has 3 aromatic rings. The minimum absolute atomic E-state index is 0.555. The Morgan fingerprint density at radius 1 is 0.870 bits per heavy atom. The average Bonchev–Trinajstić information content (AvgIpc) is 3.06. The highest BCUT2D eigenvalue weighted by Gasteiger charge is 2.14. The Labute approximate surface area is 140 Å². The molecule has 0 aliphatic heterocycles. The Hall–Kier alpha value is -2.40. The maximum absolute atomic E-state index is 5.22. The third kappa shape index (κ3) is 3.19. The van der Waals surface area contributed by atoms with Gasteiger partial charge in [0.15, 0.2) is 0 Å². The zero-order valence-corrected chi connectivity index (χ0v) is 13.9. The number of hydrogen-bond donors (Lipinski definition) is 2. The molecule has 1 aromatic heterocycles. The van der Waals surface area contributed by atoms with Crippen LogP contribution in [0.15, 0.2) is 48.5 Å². The summed E-state index contributed by atoms with van der Waals surface area (Å²) in [6.45, 7) is 0. The van der Waals surface area contributed by atoms with Crippen molar-refractivity contribution < 1.29 is 9.47 Å². The van der Waals surface area contributed by atoms with Gasteiger partial charge in [-0.15, -0.1) is 0 Å². The first-order valence-electron chi connectivity index (χ1n) is 7.23. The number of rotatable bonds is 5. The van der Waals surface area contributed by atoms with Gasteiger partial charge in [0.05, 0.1) is 25.6 Å². The van der Waals surface area contributed by atoms with Gasteiger partial charge in [-0.2, -0.15) is 12.6 Å². The predicted molar refractivity (Wildman–Crippen MR) is 95.3 cm³/mol. The molecule has 0 saturated carbocycles. The van der Waals surface area contributed by atoms with Gasteiger partial charge in [-0.1, -0.05) is 0 Å². The van der Waals surface area contributed by atoms with Crippen LogP contribution in [-0.2, 0) is 5.75 Å². The third-order valence-corrected chi connectivity index (χ3v) is 3.94. The van der Waals surface area contributed by atoms with Gasteiger partial charge in [0.1, 0.15) is 17.3 Å². The van der Waals surface area contributed by atoms with Crippen molar-refractivity contribution in [3.05, 3.63) is 54.4 Å². The summed E-state index contributed by atoms with van der Waals surface area (Å²) in [6, 6.07) is 15.8. The standard InChI is InChI=1S/C18H18N2O2S/c1-21-14-7-3-12(4-8-14)17-18(20-16(11-23)19-17)13-5-9-15(22-2)10-6-13/h3-10,23H,11H2,1-2H3,(H,19,20). The molecule has 1 heterocycles. The Bertz CT molecular complexity index is 715. The molecule has 0 amide bonds. The lowest BCUT2D eigenvalue weighted by molar-refractivity contribution is 0.414. The molecule has 0 aliphatic rings. The van der Waals surface area contributed by atoms with Gasteiger partial charge in [0, 0.05) is 16.9 Å². The SMILES string of the molecule is COc1ccc(-c2nc(CS)[nH]c2-c2ccc(OC)cc2)cc1. The number of methoxy groups -OCH3 is 2. The van der Waals surface area contributed by atoms with Crippen LogP contribution in [0.3, 0.4) is 0 Å². The Morgan fingerprint density at radius 3 is 1.87 bits per heavy atom. The fourth-order valence-electron chi connectivity index (χ4n) is 2.42. The molecule has 0 spiro atoms. The fraction of sp³-hybridized carbons (Fsp3) is 0.167. The number of aromatic nitrogens is 2. The number of thiol groups is 1. The molecule has 0 fully saturated rings. The van der Waals surface area contributed by atoms with Crippen molar-refractivity contribution in [1.29, 1.82) is 0 Å². The summed E-state index contributed by atoms with van der Waals surface area (Å²) in [5, 5.41) is 0. The van der Waals surface area contributed by atoms with Gasteiger partial charge >= 0.3 is 0 Å². The Kier molecular flexibility index (Phi) is 4.57. The second-order valence-corrected chi connectivity index (χ2v) is 5.34. The highest BCUT2D eigenvalue weighted by atomic mass is 32.1. The minimum Gasteiger partial charge on any atom is -0.497 e. The topological polar surface area (TPSA) is 47.1 Å². The molecule has 118 valence electrons. The van der Waals surface area contributed by atoms with Gasteiger partial charge < -0.3 is 14.5 Å². The largest absolute Gasteiger partial charge is 0.497 e. The molecule has 0 saturated heterocycles. The number of ether oxygens (including phenoxy) is 2. The van der Waals surface area contributed by atoms with E-state index >= 15 is 0 Å². The molecule has 5 heteroatoms. The van der Waals surface area contributed by atoms with Crippen LogP contribution in [0.25, 0.3) is 22.5 Å². The second-order valence-electron chi connectivity index (χ2n) is 5.02. The molecule has 2 aromatic carbocycles. The van der Waals surface area contributed by atoms with Crippen LogP contribution in [0.2, 0.25) is 0 Å². The Balaban J connectivity index is 2.06. The summed E-state index contributed by atoms with van der Waals surface area (Å²) in [6.07, 6.45) is 0. The first kappa shape index (κ1) is 15.5. The summed E-state index contributed by atoms with van der Waals surface area (Å²) in [5.74, 6) is 3.04. The minimum atomic E-state index is 0.555. The lowest BCUT2D eigenvalue weighted by Crippen LogP contribution is -1.87. The monoisotopic (exact) mass is 326 g/mol. The van der Waals surface area contributed by atoms with E-state index in [1.54, 1.807) is 14.2 Å². The van der Waals surface area contributed by atoms with Crippen LogP contribution in [0.5, 0.6) is 11.5 Å². The number of imidazole rings is 1. The van der Waals surface area contributed by atoms with Crippen LogP contribution in [-0.4, -0.2) is 24.2 Å². The van der Waals surface area contributed by atoms with E-state index in [9.17, 15) is 0 Å². The molecule has 1 N–H and O–H groups in total. The van der Waals surface area contributed by atoms with Gasteiger partial charge in [0.2, 0.25) is 0 Å². The number of nitrogens with one attached hydrogen (secondary N) is 1. The van der Waals surface area contributed by atoms with Crippen molar-refractivity contribution >= 4 is 12.6 Å². The maximum atomic E-state index is 5.22. The normalized spacial score (nSPS) is 10.6. The number of H-pyrrole nitrogens is 1. The molecule has 4 nitrogen and oxygen atoms in total. The van der Waals surface area contributed by atoms with E-state index in [0.717, 1.165) is 39.8 Å². The van der Waals surface area contributed by atoms with Crippen molar-refractivity contribution in [2.75, 3.05) is 14.2 Å². The first-order valence-corrected chi connectivity index (χ1v) is 7.87. The van der Waals surface area contributed by atoms with E-state index in [1.165, 1.54) is 0 Å². The van der Waals surface area contributed by atoms with Crippen LogP contribution >= 0.6 is 12.6 Å². The summed E-state index contributed by atoms with van der Waals surface area (Å²) in [7, 11) is 3.32. The third-order valence-electron chi connectivity index (χ3n) is 3.64. The van der Waals surface area contributed by atoms with Gasteiger partial charge in [0.25, 0.3) is 0 Å². The molecule has 0 radical (unpaired) electrons. The van der Waals surface area contributed by atoms with E-state index in [1.807, 2.05) is 48.5 Å². The number of aromatic amines is 1. The van der Waals surface area contributed by atoms with Crippen LogP contribution < -0.4 is 9.47 Å². The second kappa shape index (κ2) is 6.79. The summed E-state index contributed by atoms with van der Waals surface area (Å²) in [5.41, 5.74) is 3.96. The molecule has 3 rings (SSSR count). The summed E-state index contributed by atoms with van der Waals surface area (Å²) >= 11 is 4.32. The lowest BCUT2D eigenvalue weighted by Gasteiger charge is -2.06. The smallest absolute Gasteiger partial charge is 0.118 e. The zero-order valence-electron chi connectivity index (χ0n) is 13.0. The average molecular weight is 326 g/mol. The summed E-state index contributed by atoms with van der Waals surface area (Å²) in [4.78, 5) is 8.02. The van der Waals surface area contributed by atoms with E-state index in [-0.39, 0.29) is 0 Å². The van der Waals surface area contributed by atoms with Gasteiger partial charge in [-0.25, -0.2) is 4.98 Å². The molecule has 0 atom stereocenters. The van der Waals surface area contributed by atoms with Gasteiger partial charge in [-0.3, -0.25) is 0 Å². The van der Waals surface area contributed by atoms with Crippen molar-refractivity contribution in [2.45, 2.75) is 5.75 Å². The highest BCUT2D eigenvalue weighted by Crippen LogP contribution is 2.32.